The Labute approximate surface area is 104 Å². The number of alkyl halides is 3. The lowest BCUT2D eigenvalue weighted by Gasteiger charge is -2.22. The molecule has 0 amide bonds. The van der Waals surface area contributed by atoms with Gasteiger partial charge >= 0.3 is 6.18 Å². The summed E-state index contributed by atoms with van der Waals surface area (Å²) in [6.45, 7) is -1.23. The largest absolute Gasteiger partial charge is 0.402 e. The minimum absolute atomic E-state index is 0.0241. The molecular weight excluding hydrogens is 275 g/mol. The fraction of sp³-hybridized carbons (Fsp3) is 1.00. The molecule has 0 radical (unpaired) electrons. The third kappa shape index (κ3) is 7.82. The molecule has 0 bridgehead atoms. The van der Waals surface area contributed by atoms with Gasteiger partial charge in [-0.1, -0.05) is 0 Å². The second-order valence-electron chi connectivity index (χ2n) is 3.48. The van der Waals surface area contributed by atoms with Crippen LogP contribution >= 0.6 is 0 Å². The molecule has 0 fully saturated rings. The van der Waals surface area contributed by atoms with Gasteiger partial charge in [0.15, 0.2) is 0 Å². The molecule has 0 saturated heterocycles. The molecular formula is C8H18F3N3O3S. The van der Waals surface area contributed by atoms with Crippen LogP contribution in [0.2, 0.25) is 0 Å². The summed E-state index contributed by atoms with van der Waals surface area (Å²) in [6, 6.07) is 0. The Morgan fingerprint density at radius 2 is 1.94 bits per heavy atom. The van der Waals surface area contributed by atoms with Gasteiger partial charge in [0.25, 0.3) is 10.2 Å². The number of hydrogen-bond donors (Lipinski definition) is 2. The molecule has 18 heavy (non-hydrogen) atoms. The van der Waals surface area contributed by atoms with Gasteiger partial charge in [0.05, 0.1) is 6.61 Å². The van der Waals surface area contributed by atoms with E-state index in [1.54, 1.807) is 0 Å². The first kappa shape index (κ1) is 17.6. The molecule has 0 unspecified atom stereocenters. The molecule has 0 saturated carbocycles. The Hall–Kier alpha value is -0.420. The average Bonchev–Trinajstić information content (AvgIpc) is 2.25. The van der Waals surface area contributed by atoms with Crippen molar-refractivity contribution < 1.29 is 26.3 Å². The Morgan fingerprint density at radius 3 is 2.39 bits per heavy atom. The monoisotopic (exact) mass is 293 g/mol. The maximum Gasteiger partial charge on any atom is 0.402 e. The molecule has 0 atom stereocenters. The summed E-state index contributed by atoms with van der Waals surface area (Å²) in [7, 11) is -2.80. The highest BCUT2D eigenvalue weighted by Crippen LogP contribution is 2.13. The molecule has 0 aromatic carbocycles. The first-order chi connectivity index (χ1) is 8.23. The normalized spacial score (nSPS) is 13.2. The van der Waals surface area contributed by atoms with Gasteiger partial charge in [0, 0.05) is 20.2 Å². The van der Waals surface area contributed by atoms with Gasteiger partial charge < -0.3 is 10.5 Å². The van der Waals surface area contributed by atoms with Crippen molar-refractivity contribution in [3.63, 3.8) is 0 Å². The summed E-state index contributed by atoms with van der Waals surface area (Å²) in [4.78, 5) is 0. The molecule has 0 aliphatic carbocycles. The minimum Gasteiger partial charge on any atom is -0.383 e. The number of nitrogens with zero attached hydrogens (tertiary/aromatic N) is 1. The van der Waals surface area contributed by atoms with Crippen molar-refractivity contribution in [2.45, 2.75) is 12.6 Å². The summed E-state index contributed by atoms with van der Waals surface area (Å²) in [6.07, 6.45) is -4.23. The maximum absolute atomic E-state index is 12.0. The number of methoxy groups -OCH3 is 1. The fourth-order valence-electron chi connectivity index (χ4n) is 1.08. The highest BCUT2D eigenvalue weighted by molar-refractivity contribution is 7.87. The van der Waals surface area contributed by atoms with Crippen LogP contribution in [-0.2, 0) is 14.9 Å². The van der Waals surface area contributed by atoms with E-state index in [0.717, 1.165) is 4.31 Å². The highest BCUT2D eigenvalue weighted by atomic mass is 32.2. The van der Waals surface area contributed by atoms with E-state index in [9.17, 15) is 21.6 Å². The van der Waals surface area contributed by atoms with E-state index in [2.05, 4.69) is 0 Å². The Balaban J connectivity index is 4.53. The van der Waals surface area contributed by atoms with E-state index >= 15 is 0 Å². The van der Waals surface area contributed by atoms with Crippen molar-refractivity contribution in [3.8, 4) is 0 Å². The van der Waals surface area contributed by atoms with Crippen LogP contribution < -0.4 is 10.5 Å². The van der Waals surface area contributed by atoms with Crippen LogP contribution in [0.4, 0.5) is 13.2 Å². The second kappa shape index (κ2) is 7.89. The molecule has 10 heteroatoms. The zero-order valence-electron chi connectivity index (χ0n) is 10.0. The molecule has 0 aliphatic heterocycles. The summed E-state index contributed by atoms with van der Waals surface area (Å²) in [5, 5.41) is 0. The predicted octanol–water partition coefficient (Wildman–Crippen LogP) is -0.320. The molecule has 6 nitrogen and oxygen atoms in total. The van der Waals surface area contributed by atoms with Gasteiger partial charge in [-0.25, -0.2) is 0 Å². The number of hydrogen-bond acceptors (Lipinski definition) is 4. The van der Waals surface area contributed by atoms with Crippen molar-refractivity contribution >= 4 is 10.2 Å². The lowest BCUT2D eigenvalue weighted by Crippen LogP contribution is -2.46. The number of ether oxygens (including phenoxy) is 1. The molecule has 3 N–H and O–H groups in total. The van der Waals surface area contributed by atoms with Crippen LogP contribution in [-0.4, -0.2) is 58.8 Å². The molecule has 0 aromatic heterocycles. The van der Waals surface area contributed by atoms with E-state index < -0.39 is 22.9 Å². The van der Waals surface area contributed by atoms with Crippen LogP contribution in [0.25, 0.3) is 0 Å². The van der Waals surface area contributed by atoms with Gasteiger partial charge in [0.2, 0.25) is 0 Å². The third-order valence-corrected chi connectivity index (χ3v) is 3.51. The summed E-state index contributed by atoms with van der Waals surface area (Å²) in [5.41, 5.74) is 5.24. The van der Waals surface area contributed by atoms with Gasteiger partial charge in [-0.3, -0.25) is 0 Å². The summed E-state index contributed by atoms with van der Waals surface area (Å²) < 4.78 is 66.2. The van der Waals surface area contributed by atoms with E-state index in [4.69, 9.17) is 10.5 Å². The standard InChI is InChI=1S/C8H18F3N3O3S/c1-17-6-5-14(4-2-3-12)18(15,16)13-7-8(9,10)11/h13H,2-7,12H2,1H3. The number of halogens is 3. The van der Waals surface area contributed by atoms with E-state index in [-0.39, 0.29) is 26.2 Å². The maximum atomic E-state index is 12.0. The van der Waals surface area contributed by atoms with Crippen LogP contribution in [0.3, 0.4) is 0 Å². The van der Waals surface area contributed by atoms with Crippen LogP contribution in [0, 0.1) is 0 Å². The number of nitrogens with two attached hydrogens (primary N) is 1. The topological polar surface area (TPSA) is 84.7 Å². The Kier molecular flexibility index (Phi) is 7.71. The van der Waals surface area contributed by atoms with Crippen LogP contribution in [0.15, 0.2) is 0 Å². The molecule has 110 valence electrons. The van der Waals surface area contributed by atoms with Gasteiger partial charge in [-0.2, -0.15) is 30.6 Å². The lowest BCUT2D eigenvalue weighted by molar-refractivity contribution is -0.121. The SMILES string of the molecule is COCCN(CCCN)S(=O)(=O)NCC(F)(F)F. The second-order valence-corrected chi connectivity index (χ2v) is 5.23. The third-order valence-electron chi connectivity index (χ3n) is 1.95. The van der Waals surface area contributed by atoms with E-state index in [1.807, 2.05) is 0 Å². The molecule has 0 spiro atoms. The van der Waals surface area contributed by atoms with Crippen molar-refractivity contribution in [1.82, 2.24) is 9.03 Å². The number of rotatable bonds is 9. The van der Waals surface area contributed by atoms with Crippen molar-refractivity contribution in [1.29, 1.82) is 0 Å². The lowest BCUT2D eigenvalue weighted by atomic mass is 10.4. The molecule has 0 rings (SSSR count). The minimum atomic E-state index is -4.59. The Morgan fingerprint density at radius 1 is 1.33 bits per heavy atom. The van der Waals surface area contributed by atoms with Crippen LogP contribution in [0.5, 0.6) is 0 Å². The number of nitrogens with one attached hydrogen (secondary N) is 1. The summed E-state index contributed by atoms with van der Waals surface area (Å²) in [5.74, 6) is 0. The van der Waals surface area contributed by atoms with Gasteiger partial charge in [0.1, 0.15) is 6.54 Å². The van der Waals surface area contributed by atoms with Crippen molar-refractivity contribution in [2.24, 2.45) is 5.73 Å². The van der Waals surface area contributed by atoms with E-state index in [1.165, 1.54) is 11.8 Å². The molecule has 0 heterocycles. The first-order valence-electron chi connectivity index (χ1n) is 5.23. The quantitative estimate of drug-likeness (QED) is 0.610. The zero-order valence-corrected chi connectivity index (χ0v) is 10.9. The smallest absolute Gasteiger partial charge is 0.383 e. The Bertz CT molecular complexity index is 313. The van der Waals surface area contributed by atoms with Crippen LogP contribution in [0.1, 0.15) is 6.42 Å². The zero-order chi connectivity index (χ0) is 14.2. The highest BCUT2D eigenvalue weighted by Gasteiger charge is 2.31. The van der Waals surface area contributed by atoms with Gasteiger partial charge in [-0.05, 0) is 13.0 Å². The first-order valence-corrected chi connectivity index (χ1v) is 6.67. The van der Waals surface area contributed by atoms with E-state index in [0.29, 0.717) is 6.42 Å². The van der Waals surface area contributed by atoms with Gasteiger partial charge in [-0.15, -0.1) is 0 Å². The van der Waals surface area contributed by atoms with Crippen molar-refractivity contribution in [2.75, 3.05) is 39.9 Å². The van der Waals surface area contributed by atoms with Crippen molar-refractivity contribution in [3.05, 3.63) is 0 Å². The predicted molar refractivity (Wildman–Crippen MR) is 60.1 cm³/mol. The molecule has 0 aliphatic rings. The fourth-order valence-corrected chi connectivity index (χ4v) is 2.29. The summed E-state index contributed by atoms with van der Waals surface area (Å²) >= 11 is 0. The average molecular weight is 293 g/mol. The molecule has 0 aromatic rings.